The molecule has 5 rings (SSSR count). The van der Waals surface area contributed by atoms with E-state index in [2.05, 4.69) is 4.90 Å². The van der Waals surface area contributed by atoms with Crippen molar-refractivity contribution < 1.29 is 27.5 Å². The molecule has 2 aliphatic heterocycles. The van der Waals surface area contributed by atoms with E-state index >= 15 is 0 Å². The molecule has 0 saturated carbocycles. The van der Waals surface area contributed by atoms with Crippen molar-refractivity contribution in [3.8, 4) is 11.5 Å². The molecule has 1 aromatic heterocycles. The number of carbonyl (C=O) groups excluding carboxylic acids is 2. The number of nitrogens with zero attached hydrogens (tertiary/aromatic N) is 3. The van der Waals surface area contributed by atoms with E-state index in [1.807, 2.05) is 37.4 Å². The second-order valence-electron chi connectivity index (χ2n) is 9.27. The first-order chi connectivity index (χ1) is 17.2. The molecule has 0 atom stereocenters. The van der Waals surface area contributed by atoms with Gasteiger partial charge in [-0.1, -0.05) is 18.2 Å². The first-order valence-corrected chi connectivity index (χ1v) is 11.8. The third kappa shape index (κ3) is 4.28. The first-order valence-electron chi connectivity index (χ1n) is 11.8. The minimum absolute atomic E-state index is 0.0992. The summed E-state index contributed by atoms with van der Waals surface area (Å²) in [6, 6.07) is 19.3. The maximum absolute atomic E-state index is 13.2. The van der Waals surface area contributed by atoms with Gasteiger partial charge in [-0.2, -0.15) is 13.2 Å². The molecular formula is C27H26F3N3O3. The van der Waals surface area contributed by atoms with Crippen molar-refractivity contribution in [3.05, 3.63) is 83.7 Å². The number of likely N-dealkylation sites (N-methyl/N-ethyl adjacent to an activating group) is 1. The van der Waals surface area contributed by atoms with Crippen LogP contribution in [0.3, 0.4) is 0 Å². The van der Waals surface area contributed by atoms with Crippen molar-refractivity contribution in [1.29, 1.82) is 0 Å². The average molecular weight is 498 g/mol. The number of hydrogen-bond acceptors (Lipinski definition) is 4. The Hall–Kier alpha value is -3.59. The number of alkyl halides is 3. The van der Waals surface area contributed by atoms with Crippen LogP contribution in [0.5, 0.6) is 11.5 Å². The lowest BCUT2D eigenvalue weighted by Gasteiger charge is -2.50. The van der Waals surface area contributed by atoms with E-state index in [1.165, 1.54) is 10.6 Å². The second-order valence-corrected chi connectivity index (χ2v) is 9.27. The van der Waals surface area contributed by atoms with Crippen LogP contribution in [-0.2, 0) is 12.1 Å². The van der Waals surface area contributed by atoms with Gasteiger partial charge in [-0.3, -0.25) is 14.5 Å². The van der Waals surface area contributed by atoms with Gasteiger partial charge < -0.3 is 14.2 Å². The van der Waals surface area contributed by atoms with Crippen LogP contribution in [0.4, 0.5) is 13.2 Å². The molecule has 9 heteroatoms. The maximum atomic E-state index is 13.2. The van der Waals surface area contributed by atoms with E-state index in [0.29, 0.717) is 61.8 Å². The van der Waals surface area contributed by atoms with Gasteiger partial charge in [-0.15, -0.1) is 0 Å². The summed E-state index contributed by atoms with van der Waals surface area (Å²) < 4.78 is 46.6. The number of amides is 1. The Morgan fingerprint density at radius 2 is 1.47 bits per heavy atom. The summed E-state index contributed by atoms with van der Waals surface area (Å²) in [6.45, 7) is 1.76. The Morgan fingerprint density at radius 1 is 0.833 bits per heavy atom. The molecule has 0 bridgehead atoms. The molecule has 0 unspecified atom stereocenters. The Kier molecular flexibility index (Phi) is 6.12. The van der Waals surface area contributed by atoms with Crippen molar-refractivity contribution in [2.75, 3.05) is 26.7 Å². The van der Waals surface area contributed by atoms with Gasteiger partial charge in [-0.05, 0) is 68.4 Å². The molecule has 3 aromatic rings. The summed E-state index contributed by atoms with van der Waals surface area (Å²) in [5.41, 5.74) is 0.413. The van der Waals surface area contributed by atoms with Crippen molar-refractivity contribution in [1.82, 2.24) is 14.4 Å². The number of likely N-dealkylation sites (tertiary alicyclic amines) is 1. The maximum Gasteiger partial charge on any atom is 0.456 e. The van der Waals surface area contributed by atoms with Gasteiger partial charge in [0.05, 0.1) is 11.2 Å². The van der Waals surface area contributed by atoms with E-state index < -0.39 is 17.5 Å². The van der Waals surface area contributed by atoms with E-state index in [0.717, 1.165) is 0 Å². The van der Waals surface area contributed by atoms with E-state index in [-0.39, 0.29) is 11.6 Å². The number of para-hydroxylation sites is 1. The quantitative estimate of drug-likeness (QED) is 0.471. The standard InChI is InChI=1S/C27H26F3N3O3/c1-31-17-18-33-22(24(34)27(28,29)30)11-12-23(33)26(31)13-15-32(16-14-26)25(35)19-7-9-21(10-8-19)36-20-5-3-2-4-6-20/h2-12H,13-18H2,1H3. The van der Waals surface area contributed by atoms with Crippen LogP contribution >= 0.6 is 0 Å². The van der Waals surface area contributed by atoms with E-state index in [1.54, 1.807) is 35.2 Å². The third-order valence-electron chi connectivity index (χ3n) is 7.30. The minimum Gasteiger partial charge on any atom is -0.457 e. The predicted octanol–water partition coefficient (Wildman–Crippen LogP) is 5.10. The molecular weight excluding hydrogens is 471 g/mol. The van der Waals surface area contributed by atoms with Gasteiger partial charge in [0.15, 0.2) is 0 Å². The lowest BCUT2D eigenvalue weighted by Crippen LogP contribution is -2.56. The SMILES string of the molecule is CN1CCn2c(C(=O)C(F)(F)F)ccc2C12CCN(C(=O)c1ccc(Oc3ccccc3)cc1)CC2. The molecule has 3 heterocycles. The average Bonchev–Trinajstić information content (AvgIpc) is 3.31. The lowest BCUT2D eigenvalue weighted by atomic mass is 9.81. The van der Waals surface area contributed by atoms with Crippen molar-refractivity contribution in [3.63, 3.8) is 0 Å². The van der Waals surface area contributed by atoms with Crippen LogP contribution in [0.15, 0.2) is 66.7 Å². The van der Waals surface area contributed by atoms with Crippen molar-refractivity contribution in [2.45, 2.75) is 31.1 Å². The molecule has 1 fully saturated rings. The number of benzene rings is 2. The Bertz CT molecular complexity index is 1260. The van der Waals surface area contributed by atoms with Gasteiger partial charge >= 0.3 is 6.18 Å². The molecule has 2 aliphatic rings. The smallest absolute Gasteiger partial charge is 0.456 e. The molecule has 1 amide bonds. The van der Waals surface area contributed by atoms with Crippen LogP contribution in [0.2, 0.25) is 0 Å². The highest BCUT2D eigenvalue weighted by Gasteiger charge is 2.47. The zero-order chi connectivity index (χ0) is 25.5. The van der Waals surface area contributed by atoms with E-state index in [9.17, 15) is 22.8 Å². The molecule has 0 aliphatic carbocycles. The summed E-state index contributed by atoms with van der Waals surface area (Å²) in [7, 11) is 1.95. The molecule has 0 N–H and O–H groups in total. The van der Waals surface area contributed by atoms with Crippen LogP contribution in [-0.4, -0.2) is 58.9 Å². The van der Waals surface area contributed by atoms with Crippen LogP contribution < -0.4 is 4.74 Å². The third-order valence-corrected chi connectivity index (χ3v) is 7.30. The number of aromatic nitrogens is 1. The first kappa shape index (κ1) is 24.1. The normalized spacial score (nSPS) is 17.6. The minimum atomic E-state index is -4.91. The molecule has 6 nitrogen and oxygen atoms in total. The lowest BCUT2D eigenvalue weighted by molar-refractivity contribution is -0.0892. The number of carbonyl (C=O) groups is 2. The zero-order valence-corrected chi connectivity index (χ0v) is 19.8. The number of halogens is 3. The summed E-state index contributed by atoms with van der Waals surface area (Å²) in [6.07, 6.45) is -3.79. The summed E-state index contributed by atoms with van der Waals surface area (Å²) >= 11 is 0. The van der Waals surface area contributed by atoms with Crippen LogP contribution in [0.1, 0.15) is 39.4 Å². The van der Waals surface area contributed by atoms with Gasteiger partial charge in [0, 0.05) is 37.4 Å². The highest BCUT2D eigenvalue weighted by atomic mass is 19.4. The summed E-state index contributed by atoms with van der Waals surface area (Å²) in [4.78, 5) is 29.0. The highest BCUT2D eigenvalue weighted by molar-refractivity contribution is 5.99. The number of rotatable bonds is 4. The highest BCUT2D eigenvalue weighted by Crippen LogP contribution is 2.42. The van der Waals surface area contributed by atoms with Crippen molar-refractivity contribution in [2.24, 2.45) is 0 Å². The largest absolute Gasteiger partial charge is 0.457 e. The fourth-order valence-corrected chi connectivity index (χ4v) is 5.31. The predicted molar refractivity (Wildman–Crippen MR) is 127 cm³/mol. The van der Waals surface area contributed by atoms with Crippen LogP contribution in [0.25, 0.3) is 0 Å². The zero-order valence-electron chi connectivity index (χ0n) is 19.8. The number of hydrogen-bond donors (Lipinski definition) is 0. The number of ketones is 1. The fourth-order valence-electron chi connectivity index (χ4n) is 5.31. The number of ether oxygens (including phenoxy) is 1. The molecule has 188 valence electrons. The van der Waals surface area contributed by atoms with E-state index in [4.69, 9.17) is 4.74 Å². The monoisotopic (exact) mass is 497 g/mol. The number of Topliss-reactive ketones (excluding diaryl/α,β-unsaturated/α-hetero) is 1. The summed E-state index contributed by atoms with van der Waals surface area (Å²) in [5, 5.41) is 0. The number of piperidine rings is 1. The molecule has 0 radical (unpaired) electrons. The molecule has 36 heavy (non-hydrogen) atoms. The topological polar surface area (TPSA) is 54.8 Å². The summed E-state index contributed by atoms with van der Waals surface area (Å²) in [5.74, 6) is -0.581. The second kappa shape index (κ2) is 9.13. The number of fused-ring (bicyclic) bond motifs is 2. The Balaban J connectivity index is 1.29. The molecule has 1 saturated heterocycles. The molecule has 1 spiro atoms. The van der Waals surface area contributed by atoms with Gasteiger partial charge in [0.2, 0.25) is 0 Å². The van der Waals surface area contributed by atoms with Crippen molar-refractivity contribution >= 4 is 11.7 Å². The fraction of sp³-hybridized carbons (Fsp3) is 0.333. The molecule has 2 aromatic carbocycles. The Labute approximate surface area is 206 Å². The van der Waals surface area contributed by atoms with Gasteiger partial charge in [0.1, 0.15) is 11.5 Å². The van der Waals surface area contributed by atoms with Gasteiger partial charge in [0.25, 0.3) is 11.7 Å². The van der Waals surface area contributed by atoms with Crippen LogP contribution in [0, 0.1) is 0 Å². The van der Waals surface area contributed by atoms with Gasteiger partial charge in [-0.25, -0.2) is 0 Å². The Morgan fingerprint density at radius 3 is 2.11 bits per heavy atom.